The fourth-order valence-electron chi connectivity index (χ4n) is 2.53. The molecule has 0 saturated heterocycles. The number of nitrogens with zero attached hydrogens (tertiary/aromatic N) is 1. The van der Waals surface area contributed by atoms with Gasteiger partial charge in [-0.2, -0.15) is 4.31 Å². The van der Waals surface area contributed by atoms with Gasteiger partial charge in [0.15, 0.2) is 0 Å². The number of amides is 1. The number of hydrogen-bond acceptors (Lipinski definition) is 3. The molecule has 0 unspecified atom stereocenters. The Balaban J connectivity index is 2.20. The second kappa shape index (κ2) is 8.66. The van der Waals surface area contributed by atoms with Crippen molar-refractivity contribution in [1.29, 1.82) is 0 Å². The van der Waals surface area contributed by atoms with Gasteiger partial charge in [0.05, 0.1) is 11.4 Å². The highest BCUT2D eigenvalue weighted by Gasteiger charge is 2.26. The number of hydrogen-bond donors (Lipinski definition) is 1. The van der Waals surface area contributed by atoms with Crippen LogP contribution in [0.25, 0.3) is 0 Å². The summed E-state index contributed by atoms with van der Waals surface area (Å²) in [6.07, 6.45) is 0.601. The topological polar surface area (TPSA) is 66.5 Å². The van der Waals surface area contributed by atoms with E-state index in [1.807, 2.05) is 32.9 Å². The van der Waals surface area contributed by atoms with Crippen molar-refractivity contribution < 1.29 is 13.2 Å². The third kappa shape index (κ3) is 4.84. The van der Waals surface area contributed by atoms with Gasteiger partial charge in [-0.15, -0.1) is 0 Å². The van der Waals surface area contributed by atoms with Crippen molar-refractivity contribution in [3.8, 4) is 0 Å². The molecule has 26 heavy (non-hydrogen) atoms. The monoisotopic (exact) mass is 394 g/mol. The number of anilines is 1. The molecule has 0 atom stereocenters. The van der Waals surface area contributed by atoms with E-state index in [2.05, 4.69) is 5.32 Å². The Labute approximate surface area is 160 Å². The van der Waals surface area contributed by atoms with Crippen LogP contribution in [0, 0.1) is 13.8 Å². The molecule has 0 aromatic heterocycles. The molecule has 1 amide bonds. The molecule has 0 saturated carbocycles. The number of nitrogens with one attached hydrogen (secondary N) is 1. The lowest BCUT2D eigenvalue weighted by Gasteiger charge is -2.21. The maximum atomic E-state index is 12.8. The van der Waals surface area contributed by atoms with Gasteiger partial charge < -0.3 is 5.32 Å². The van der Waals surface area contributed by atoms with Crippen molar-refractivity contribution in [3.63, 3.8) is 0 Å². The van der Waals surface area contributed by atoms with Crippen LogP contribution in [0.1, 0.15) is 24.5 Å². The molecule has 2 rings (SSSR count). The summed E-state index contributed by atoms with van der Waals surface area (Å²) in [4.78, 5) is 12.6. The van der Waals surface area contributed by atoms with Crippen molar-refractivity contribution in [1.82, 2.24) is 4.31 Å². The van der Waals surface area contributed by atoms with Gasteiger partial charge in [-0.1, -0.05) is 30.7 Å². The van der Waals surface area contributed by atoms with E-state index in [4.69, 9.17) is 11.6 Å². The van der Waals surface area contributed by atoms with Crippen LogP contribution in [0.4, 0.5) is 5.69 Å². The van der Waals surface area contributed by atoms with E-state index >= 15 is 0 Å². The lowest BCUT2D eigenvalue weighted by Crippen LogP contribution is -2.38. The number of halogens is 1. The van der Waals surface area contributed by atoms with E-state index < -0.39 is 10.0 Å². The highest BCUT2D eigenvalue weighted by atomic mass is 35.5. The Bertz CT molecular complexity index is 880. The van der Waals surface area contributed by atoms with Crippen molar-refractivity contribution in [2.24, 2.45) is 0 Å². The SMILES string of the molecule is CCCN(CC(=O)Nc1cccc(C)c1C)S(=O)(=O)c1ccc(Cl)cc1. The first kappa shape index (κ1) is 20.4. The minimum atomic E-state index is -3.77. The van der Waals surface area contributed by atoms with Crippen molar-refractivity contribution in [3.05, 3.63) is 58.6 Å². The Morgan fingerprint density at radius 3 is 2.38 bits per heavy atom. The first-order chi connectivity index (χ1) is 12.3. The largest absolute Gasteiger partial charge is 0.325 e. The van der Waals surface area contributed by atoms with Crippen LogP contribution >= 0.6 is 11.6 Å². The van der Waals surface area contributed by atoms with Gasteiger partial charge in [0.1, 0.15) is 0 Å². The van der Waals surface area contributed by atoms with Gasteiger partial charge in [-0.05, 0) is 61.7 Å². The third-order valence-electron chi connectivity index (χ3n) is 4.12. The number of benzene rings is 2. The van der Waals surface area contributed by atoms with E-state index in [0.717, 1.165) is 11.1 Å². The van der Waals surface area contributed by atoms with Gasteiger partial charge in [0.25, 0.3) is 0 Å². The molecule has 7 heteroatoms. The zero-order chi connectivity index (χ0) is 19.3. The third-order valence-corrected chi connectivity index (χ3v) is 6.23. The molecule has 0 bridgehead atoms. The van der Waals surface area contributed by atoms with E-state index in [1.54, 1.807) is 6.07 Å². The number of aryl methyl sites for hydroxylation is 1. The van der Waals surface area contributed by atoms with Gasteiger partial charge in [-0.25, -0.2) is 8.42 Å². The average molecular weight is 395 g/mol. The summed E-state index contributed by atoms with van der Waals surface area (Å²) in [7, 11) is -3.77. The van der Waals surface area contributed by atoms with E-state index in [0.29, 0.717) is 17.1 Å². The summed E-state index contributed by atoms with van der Waals surface area (Å²) in [5.74, 6) is -0.371. The number of carbonyl (C=O) groups is 1. The second-order valence-corrected chi connectivity index (χ2v) is 8.46. The molecule has 0 aliphatic rings. The highest BCUT2D eigenvalue weighted by molar-refractivity contribution is 7.89. The van der Waals surface area contributed by atoms with Crippen molar-refractivity contribution in [2.45, 2.75) is 32.1 Å². The summed E-state index contributed by atoms with van der Waals surface area (Å²) in [6, 6.07) is 11.6. The molecule has 0 aliphatic carbocycles. The fourth-order valence-corrected chi connectivity index (χ4v) is 4.14. The molecule has 0 fully saturated rings. The number of carbonyl (C=O) groups excluding carboxylic acids is 1. The highest BCUT2D eigenvalue weighted by Crippen LogP contribution is 2.20. The zero-order valence-electron chi connectivity index (χ0n) is 15.1. The lowest BCUT2D eigenvalue weighted by molar-refractivity contribution is -0.116. The molecular formula is C19H23ClN2O3S. The van der Waals surface area contributed by atoms with Crippen LogP contribution in [0.3, 0.4) is 0 Å². The van der Waals surface area contributed by atoms with Gasteiger partial charge in [0, 0.05) is 17.3 Å². The van der Waals surface area contributed by atoms with Crippen molar-refractivity contribution in [2.75, 3.05) is 18.4 Å². The molecule has 2 aromatic rings. The van der Waals surface area contributed by atoms with E-state index in [9.17, 15) is 13.2 Å². The summed E-state index contributed by atoms with van der Waals surface area (Å²) < 4.78 is 26.9. The number of rotatable bonds is 7. The first-order valence-corrected chi connectivity index (χ1v) is 10.2. The Hall–Kier alpha value is -1.89. The summed E-state index contributed by atoms with van der Waals surface area (Å²) in [6.45, 7) is 5.75. The quantitative estimate of drug-likeness (QED) is 0.771. The molecule has 0 heterocycles. The van der Waals surface area contributed by atoms with Gasteiger partial charge in [-0.3, -0.25) is 4.79 Å². The maximum Gasteiger partial charge on any atom is 0.243 e. The molecule has 0 aliphatic heterocycles. The number of sulfonamides is 1. The second-order valence-electron chi connectivity index (χ2n) is 6.09. The molecule has 2 aromatic carbocycles. The molecular weight excluding hydrogens is 372 g/mol. The Kier molecular flexibility index (Phi) is 6.81. The zero-order valence-corrected chi connectivity index (χ0v) is 16.7. The minimum absolute atomic E-state index is 0.120. The average Bonchev–Trinajstić information content (AvgIpc) is 2.59. The van der Waals surface area contributed by atoms with Crippen LogP contribution in [-0.2, 0) is 14.8 Å². The van der Waals surface area contributed by atoms with Crippen LogP contribution in [0.5, 0.6) is 0 Å². The molecule has 0 spiro atoms. The summed E-state index contributed by atoms with van der Waals surface area (Å²) in [5, 5.41) is 3.26. The molecule has 0 radical (unpaired) electrons. The van der Waals surface area contributed by atoms with Crippen LogP contribution in [-0.4, -0.2) is 31.7 Å². The van der Waals surface area contributed by atoms with Gasteiger partial charge in [0.2, 0.25) is 15.9 Å². The lowest BCUT2D eigenvalue weighted by atomic mass is 10.1. The van der Waals surface area contributed by atoms with Crippen LogP contribution in [0.2, 0.25) is 5.02 Å². The van der Waals surface area contributed by atoms with E-state index in [-0.39, 0.29) is 23.9 Å². The molecule has 140 valence electrons. The fraction of sp³-hybridized carbons (Fsp3) is 0.316. The smallest absolute Gasteiger partial charge is 0.243 e. The summed E-state index contributed by atoms with van der Waals surface area (Å²) >= 11 is 5.83. The van der Waals surface area contributed by atoms with Crippen molar-refractivity contribution >= 4 is 33.2 Å². The Morgan fingerprint density at radius 2 is 1.77 bits per heavy atom. The maximum absolute atomic E-state index is 12.8. The first-order valence-electron chi connectivity index (χ1n) is 8.37. The van der Waals surface area contributed by atoms with E-state index in [1.165, 1.54) is 28.6 Å². The molecule has 5 nitrogen and oxygen atoms in total. The predicted octanol–water partition coefficient (Wildman–Crippen LogP) is 4.00. The van der Waals surface area contributed by atoms with Crippen LogP contribution in [0.15, 0.2) is 47.4 Å². The summed E-state index contributed by atoms with van der Waals surface area (Å²) in [5.41, 5.74) is 2.71. The minimum Gasteiger partial charge on any atom is -0.325 e. The standard InChI is InChI=1S/C19H23ClN2O3S/c1-4-12-22(26(24,25)17-10-8-16(20)9-11-17)13-19(23)21-18-7-5-6-14(2)15(18)3/h5-11H,4,12-13H2,1-3H3,(H,21,23). The Morgan fingerprint density at radius 1 is 1.12 bits per heavy atom. The van der Waals surface area contributed by atoms with Gasteiger partial charge >= 0.3 is 0 Å². The molecule has 1 N–H and O–H groups in total. The van der Waals surface area contributed by atoms with Crippen LogP contribution < -0.4 is 5.32 Å². The predicted molar refractivity (Wildman–Crippen MR) is 105 cm³/mol. The normalized spacial score (nSPS) is 11.6.